The fourth-order valence-electron chi connectivity index (χ4n) is 1.73. The minimum Gasteiger partial charge on any atom is -0.397 e. The lowest BCUT2D eigenvalue weighted by Crippen LogP contribution is -2.24. The molecule has 0 unspecified atom stereocenters. The molecule has 96 valence electrons. The number of nitrogens with one attached hydrogen (secondary N) is 1. The Kier molecular flexibility index (Phi) is 6.40. The summed E-state index contributed by atoms with van der Waals surface area (Å²) in [4.78, 5) is 6.64. The predicted molar refractivity (Wildman–Crippen MR) is 74.2 cm³/mol. The fourth-order valence-corrected chi connectivity index (χ4v) is 1.73. The van der Waals surface area contributed by atoms with Gasteiger partial charge in [0.05, 0.1) is 11.9 Å². The largest absolute Gasteiger partial charge is 0.397 e. The number of hydrogen-bond acceptors (Lipinski definition) is 4. The number of rotatable bonds is 8. The fraction of sp³-hybridized carbons (Fsp3) is 0.615. The summed E-state index contributed by atoms with van der Waals surface area (Å²) >= 11 is 0. The van der Waals surface area contributed by atoms with Gasteiger partial charge in [-0.05, 0) is 44.6 Å². The maximum Gasteiger partial charge on any atom is 0.126 e. The van der Waals surface area contributed by atoms with Gasteiger partial charge in [0.25, 0.3) is 0 Å². The lowest BCUT2D eigenvalue weighted by molar-refractivity contribution is 0.298. The molecular formula is C13H24N4. The van der Waals surface area contributed by atoms with Crippen LogP contribution in [0.4, 0.5) is 11.5 Å². The Morgan fingerprint density at radius 1 is 1.24 bits per heavy atom. The average molecular weight is 236 g/mol. The Hall–Kier alpha value is -1.29. The minimum absolute atomic E-state index is 0.706. The van der Waals surface area contributed by atoms with Crippen molar-refractivity contribution in [3.63, 3.8) is 0 Å². The first-order valence-corrected chi connectivity index (χ1v) is 6.44. The third-order valence-corrected chi connectivity index (χ3v) is 2.89. The Balaban J connectivity index is 2.10. The molecule has 4 nitrogen and oxygen atoms in total. The molecule has 0 amide bonds. The normalized spacial score (nSPS) is 10.8. The number of pyridine rings is 1. The Labute approximate surface area is 104 Å². The number of hydrogen-bond donors (Lipinski definition) is 2. The molecule has 0 aliphatic rings. The Bertz CT molecular complexity index is 293. The zero-order valence-electron chi connectivity index (χ0n) is 10.9. The van der Waals surface area contributed by atoms with E-state index in [4.69, 9.17) is 5.73 Å². The lowest BCUT2D eigenvalue weighted by atomic mass is 10.3. The topological polar surface area (TPSA) is 54.2 Å². The van der Waals surface area contributed by atoms with Crippen molar-refractivity contribution in [1.82, 2.24) is 9.88 Å². The highest BCUT2D eigenvalue weighted by molar-refractivity contribution is 5.43. The molecule has 0 aliphatic carbocycles. The van der Waals surface area contributed by atoms with E-state index in [9.17, 15) is 0 Å². The zero-order valence-corrected chi connectivity index (χ0v) is 10.9. The summed E-state index contributed by atoms with van der Waals surface area (Å²) in [6, 6.07) is 3.78. The number of nitrogen functional groups attached to an aromatic ring is 1. The van der Waals surface area contributed by atoms with Gasteiger partial charge in [0.1, 0.15) is 5.82 Å². The molecule has 1 rings (SSSR count). The van der Waals surface area contributed by atoms with E-state index in [0.717, 1.165) is 25.5 Å². The molecule has 0 spiro atoms. The van der Waals surface area contributed by atoms with Crippen LogP contribution in [0.15, 0.2) is 18.3 Å². The molecule has 4 heteroatoms. The smallest absolute Gasteiger partial charge is 0.126 e. The van der Waals surface area contributed by atoms with Crippen LogP contribution in [0.1, 0.15) is 26.7 Å². The summed E-state index contributed by atoms with van der Waals surface area (Å²) < 4.78 is 0. The molecule has 1 aromatic rings. The first-order chi connectivity index (χ1) is 8.26. The molecule has 0 bridgehead atoms. The lowest BCUT2D eigenvalue weighted by Gasteiger charge is -2.17. The molecule has 0 saturated heterocycles. The number of anilines is 2. The quantitative estimate of drug-likeness (QED) is 0.679. The van der Waals surface area contributed by atoms with Crippen molar-refractivity contribution in [3.8, 4) is 0 Å². The van der Waals surface area contributed by atoms with E-state index < -0.39 is 0 Å². The molecule has 0 fully saturated rings. The highest BCUT2D eigenvalue weighted by Crippen LogP contribution is 2.06. The van der Waals surface area contributed by atoms with E-state index in [0.29, 0.717) is 5.69 Å². The number of aromatic nitrogens is 1. The van der Waals surface area contributed by atoms with Crippen LogP contribution < -0.4 is 11.1 Å². The van der Waals surface area contributed by atoms with Gasteiger partial charge in [0.15, 0.2) is 0 Å². The van der Waals surface area contributed by atoms with Gasteiger partial charge in [-0.1, -0.05) is 13.8 Å². The summed E-state index contributed by atoms with van der Waals surface area (Å²) in [5, 5.41) is 3.30. The van der Waals surface area contributed by atoms with E-state index in [1.54, 1.807) is 6.20 Å². The standard InChI is InChI=1S/C13H24N4/c1-3-17(4-2)10-6-5-9-15-13-8-7-12(14)11-16-13/h7-8,11H,3-6,9-10,14H2,1-2H3,(H,15,16). The summed E-state index contributed by atoms with van der Waals surface area (Å²) in [5.74, 6) is 0.905. The van der Waals surface area contributed by atoms with Crippen molar-refractivity contribution < 1.29 is 0 Å². The van der Waals surface area contributed by atoms with Gasteiger partial charge in [0, 0.05) is 6.54 Å². The maximum atomic E-state index is 5.57. The van der Waals surface area contributed by atoms with Crippen LogP contribution in [0.25, 0.3) is 0 Å². The Morgan fingerprint density at radius 3 is 2.59 bits per heavy atom. The molecule has 17 heavy (non-hydrogen) atoms. The van der Waals surface area contributed by atoms with Crippen molar-refractivity contribution in [2.45, 2.75) is 26.7 Å². The number of unbranched alkanes of at least 4 members (excludes halogenated alkanes) is 1. The van der Waals surface area contributed by atoms with Crippen LogP contribution in [0, 0.1) is 0 Å². The van der Waals surface area contributed by atoms with E-state index >= 15 is 0 Å². The van der Waals surface area contributed by atoms with Gasteiger partial charge < -0.3 is 16.0 Å². The summed E-state index contributed by atoms with van der Waals surface area (Å²) in [6.45, 7) is 8.86. The first kappa shape index (κ1) is 13.8. The van der Waals surface area contributed by atoms with Crippen molar-refractivity contribution in [2.24, 2.45) is 0 Å². The Morgan fingerprint density at radius 2 is 2.00 bits per heavy atom. The molecule has 0 radical (unpaired) electrons. The highest BCUT2D eigenvalue weighted by Gasteiger charge is 1.98. The van der Waals surface area contributed by atoms with Crippen LogP contribution in [0.2, 0.25) is 0 Å². The SMILES string of the molecule is CCN(CC)CCCCNc1ccc(N)cn1. The highest BCUT2D eigenvalue weighted by atomic mass is 15.1. The second-order valence-corrected chi connectivity index (χ2v) is 4.14. The second-order valence-electron chi connectivity index (χ2n) is 4.14. The van der Waals surface area contributed by atoms with Gasteiger partial charge in [0.2, 0.25) is 0 Å². The molecule has 3 N–H and O–H groups in total. The van der Waals surface area contributed by atoms with E-state index in [2.05, 4.69) is 29.0 Å². The third kappa shape index (κ3) is 5.54. The van der Waals surface area contributed by atoms with Gasteiger partial charge >= 0.3 is 0 Å². The van der Waals surface area contributed by atoms with E-state index in [1.807, 2.05) is 12.1 Å². The summed E-state index contributed by atoms with van der Waals surface area (Å²) in [6.07, 6.45) is 4.07. The van der Waals surface area contributed by atoms with Crippen molar-refractivity contribution >= 4 is 11.5 Å². The zero-order chi connectivity index (χ0) is 12.5. The van der Waals surface area contributed by atoms with E-state index in [-0.39, 0.29) is 0 Å². The molecule has 0 saturated carbocycles. The number of nitrogens with two attached hydrogens (primary N) is 1. The van der Waals surface area contributed by atoms with Gasteiger partial charge in [-0.25, -0.2) is 4.98 Å². The molecule has 1 aromatic heterocycles. The maximum absolute atomic E-state index is 5.57. The van der Waals surface area contributed by atoms with Crippen LogP contribution in [-0.2, 0) is 0 Å². The van der Waals surface area contributed by atoms with Crippen molar-refractivity contribution in [2.75, 3.05) is 37.2 Å². The molecule has 0 aliphatic heterocycles. The van der Waals surface area contributed by atoms with E-state index in [1.165, 1.54) is 19.4 Å². The van der Waals surface area contributed by atoms with Crippen LogP contribution >= 0.6 is 0 Å². The molecule has 0 atom stereocenters. The van der Waals surface area contributed by atoms with Crippen LogP contribution in [0.3, 0.4) is 0 Å². The summed E-state index contributed by atoms with van der Waals surface area (Å²) in [7, 11) is 0. The van der Waals surface area contributed by atoms with Crippen LogP contribution in [-0.4, -0.2) is 36.1 Å². The van der Waals surface area contributed by atoms with Crippen molar-refractivity contribution in [1.29, 1.82) is 0 Å². The first-order valence-electron chi connectivity index (χ1n) is 6.44. The molecule has 1 heterocycles. The van der Waals surface area contributed by atoms with Crippen LogP contribution in [0.5, 0.6) is 0 Å². The van der Waals surface area contributed by atoms with Gasteiger partial charge in [-0.15, -0.1) is 0 Å². The summed E-state index contributed by atoms with van der Waals surface area (Å²) in [5.41, 5.74) is 6.28. The third-order valence-electron chi connectivity index (χ3n) is 2.89. The second kappa shape index (κ2) is 7.90. The van der Waals surface area contributed by atoms with Gasteiger partial charge in [-0.3, -0.25) is 0 Å². The van der Waals surface area contributed by atoms with Gasteiger partial charge in [-0.2, -0.15) is 0 Å². The number of nitrogens with zero attached hydrogens (tertiary/aromatic N) is 2. The minimum atomic E-state index is 0.706. The predicted octanol–water partition coefficient (Wildman–Crippen LogP) is 2.20. The van der Waals surface area contributed by atoms with Crippen molar-refractivity contribution in [3.05, 3.63) is 18.3 Å². The average Bonchev–Trinajstić information content (AvgIpc) is 2.36. The molecular weight excluding hydrogens is 212 g/mol. The molecule has 0 aromatic carbocycles. The monoisotopic (exact) mass is 236 g/mol.